The normalized spacial score (nSPS) is 26.1. The summed E-state index contributed by atoms with van der Waals surface area (Å²) >= 11 is 0. The second-order valence-electron chi connectivity index (χ2n) is 30.5. The van der Waals surface area contributed by atoms with Crippen LogP contribution in [0, 0.1) is 11.8 Å². The van der Waals surface area contributed by atoms with Gasteiger partial charge in [-0.25, -0.2) is 26.3 Å². The van der Waals surface area contributed by atoms with Crippen molar-refractivity contribution < 1.29 is 219 Å². The standard InChI is InChI=1S/C75H133N5O47S4/c1-49-58(87)60(89)51(47-117-128(96,97)98)119-72(49)122-65-62(91)67(127-131(105,106)107)75(125-69(65)71(94)95)121-63-52(48-118-129(99,100)101)120-73(50(2)59(63)88)123-64-61(90)66(126-130(102,103)104)74(124-68(64)70(92)93)116-33-16-10-9-15-26-78-57(86)23-36-111-40-44-115-46-42-113-38-28-80-54(83)20-12-6-4-8-14-25-77-56(85)22-35-109-32-18-31-108-34-21-55(84)76-24-13-7-3-5-11-19-53(82)79-27-37-112-41-45-114-43-39-110-30-17-29-81/h29,49-52,58-69,72-75,87-91H,3-28,30-48H2,1-2H3,(H,76,84)(H,77,85)(H,78,86)(H,79,82)(H,80,83)(H,92,93)(H,94,95)(H,96,97,98)(H,99,100,101)(H,102,103,104)(H,105,106,107). The van der Waals surface area contributed by atoms with Crippen LogP contribution in [0.15, 0.2) is 0 Å². The highest BCUT2D eigenvalue weighted by Gasteiger charge is 2.59. The van der Waals surface area contributed by atoms with Gasteiger partial charge in [-0.1, -0.05) is 65.2 Å². The predicted molar refractivity (Wildman–Crippen MR) is 441 cm³/mol. The molecule has 0 saturated carbocycles. The smallest absolute Gasteiger partial charge is 0.397 e. The Labute approximate surface area is 760 Å². The van der Waals surface area contributed by atoms with E-state index in [1.807, 2.05) is 0 Å². The Morgan fingerprint density at radius 3 is 1.07 bits per heavy atom. The van der Waals surface area contributed by atoms with E-state index in [1.165, 1.54) is 0 Å². The number of hydrogen-bond acceptors (Lipinski definition) is 41. The van der Waals surface area contributed by atoms with Gasteiger partial charge in [0.1, 0.15) is 55.1 Å². The Morgan fingerprint density at radius 1 is 0.313 bits per heavy atom. The molecule has 52 nitrogen and oxygen atoms in total. The number of aliphatic hydroxyl groups excluding tert-OH is 5. The van der Waals surface area contributed by atoms with Crippen LogP contribution in [0.5, 0.6) is 0 Å². The van der Waals surface area contributed by atoms with Gasteiger partial charge < -0.3 is 143 Å². The van der Waals surface area contributed by atoms with Crippen molar-refractivity contribution in [2.75, 3.05) is 158 Å². The van der Waals surface area contributed by atoms with Crippen molar-refractivity contribution in [1.29, 1.82) is 0 Å². The number of nitrogens with one attached hydrogen (secondary N) is 5. The lowest BCUT2D eigenvalue weighted by molar-refractivity contribution is -0.374. The summed E-state index contributed by atoms with van der Waals surface area (Å²) in [5.41, 5.74) is 0. The van der Waals surface area contributed by atoms with Crippen LogP contribution >= 0.6 is 0 Å². The molecule has 5 amide bonds. The third-order valence-electron chi connectivity index (χ3n) is 20.1. The van der Waals surface area contributed by atoms with E-state index >= 15 is 0 Å². The largest absolute Gasteiger partial charge is 0.479 e. The number of carbonyl (C=O) groups is 8. The number of rotatable bonds is 76. The molecule has 0 aromatic carbocycles. The SMILES string of the molecule is CC1C(OC2C(C(=O)O)OC(OC3C(COS(=O)(=O)O)OC(OC4C(C(=O)O)OC(OCCCCCCNC(=O)CCOCCOCCOCCNC(=O)CCCCCCCNC(=O)CCOCCCOCCC(=O)NCCCCCCCC(=O)NCCOCCOCCOCCC=O)C(OS(=O)(=O)O)C4O)C(C)C3O)C(OS(=O)(=O)O)C2O)OC(COS(=O)(=O)O)C(O)C1O. The molecule has 131 heavy (non-hydrogen) atoms. The fourth-order valence-corrected chi connectivity index (χ4v) is 14.8. The third-order valence-corrected chi connectivity index (χ3v) is 21.9. The Hall–Kier alpha value is -5.40. The summed E-state index contributed by atoms with van der Waals surface area (Å²) in [6.07, 6.45) is -28.3. The Morgan fingerprint density at radius 2 is 0.649 bits per heavy atom. The molecule has 4 aliphatic heterocycles. The number of aliphatic carboxylic acids is 2. The van der Waals surface area contributed by atoms with Gasteiger partial charge in [-0.15, -0.1) is 0 Å². The fraction of sp³-hybridized carbons (Fsp3) is 0.893. The molecule has 0 aliphatic carbocycles. The molecule has 4 saturated heterocycles. The molecular formula is C75H133N5O47S4. The number of carbonyl (C=O) groups excluding carboxylic acids is 6. The van der Waals surface area contributed by atoms with Crippen molar-refractivity contribution in [3.05, 3.63) is 0 Å². The van der Waals surface area contributed by atoms with Gasteiger partial charge in [0, 0.05) is 103 Å². The maximum absolute atomic E-state index is 12.8. The van der Waals surface area contributed by atoms with Gasteiger partial charge >= 0.3 is 53.5 Å². The van der Waals surface area contributed by atoms with E-state index in [1.54, 1.807) is 0 Å². The number of ether oxygens (including phenoxy) is 16. The molecule has 56 heteroatoms. The van der Waals surface area contributed by atoms with Gasteiger partial charge in [-0.3, -0.25) is 42.2 Å². The fourth-order valence-electron chi connectivity index (χ4n) is 13.2. The maximum Gasteiger partial charge on any atom is 0.397 e. The van der Waals surface area contributed by atoms with Crippen LogP contribution in [-0.4, -0.2) is 404 Å². The van der Waals surface area contributed by atoms with Crippen molar-refractivity contribution in [2.24, 2.45) is 11.8 Å². The van der Waals surface area contributed by atoms with Crippen molar-refractivity contribution in [3.8, 4) is 0 Å². The van der Waals surface area contributed by atoms with Gasteiger partial charge in [0.05, 0.1) is 118 Å². The average molecular weight is 1990 g/mol. The van der Waals surface area contributed by atoms with Crippen molar-refractivity contribution in [2.45, 2.75) is 259 Å². The zero-order valence-electron chi connectivity index (χ0n) is 73.2. The molecule has 0 aromatic heterocycles. The molecule has 4 heterocycles. The van der Waals surface area contributed by atoms with Crippen LogP contribution < -0.4 is 26.6 Å². The van der Waals surface area contributed by atoms with Crippen LogP contribution in [0.1, 0.15) is 149 Å². The van der Waals surface area contributed by atoms with Gasteiger partial charge in [-0.2, -0.15) is 33.7 Å². The van der Waals surface area contributed by atoms with Gasteiger partial charge in [0.25, 0.3) is 0 Å². The lowest BCUT2D eigenvalue weighted by Gasteiger charge is -2.49. The van der Waals surface area contributed by atoms with Gasteiger partial charge in [0.15, 0.2) is 49.6 Å². The minimum absolute atomic E-state index is 0.00783. The molecule has 0 spiro atoms. The first-order chi connectivity index (χ1) is 62.2. The molecule has 4 rings (SSSR count). The lowest BCUT2D eigenvalue weighted by Crippen LogP contribution is -2.67. The van der Waals surface area contributed by atoms with Crippen LogP contribution in [0.3, 0.4) is 0 Å². The Bertz CT molecular complexity index is 3740. The lowest BCUT2D eigenvalue weighted by atomic mass is 9.91. The molecule has 16 N–H and O–H groups in total. The highest BCUT2D eigenvalue weighted by molar-refractivity contribution is 7.81. The minimum atomic E-state index is -5.81. The second kappa shape index (κ2) is 65.4. The predicted octanol–water partition coefficient (Wildman–Crippen LogP) is -3.58. The van der Waals surface area contributed by atoms with Crippen molar-refractivity contribution >= 4 is 89.4 Å². The van der Waals surface area contributed by atoms with Gasteiger partial charge in [-0.05, 0) is 44.9 Å². The highest BCUT2D eigenvalue weighted by Crippen LogP contribution is 2.39. The Balaban J connectivity index is 1.000. The summed E-state index contributed by atoms with van der Waals surface area (Å²) in [6, 6.07) is 0. The van der Waals surface area contributed by atoms with Crippen LogP contribution in [0.4, 0.5) is 0 Å². The number of aliphatic hydroxyl groups is 5. The Kier molecular flexibility index (Phi) is 58.9. The minimum Gasteiger partial charge on any atom is -0.479 e. The molecule has 20 unspecified atom stereocenters. The number of carboxylic acid groups (broad SMARTS) is 2. The number of carboxylic acids is 2. The first-order valence-corrected chi connectivity index (χ1v) is 48.7. The quantitative estimate of drug-likeness (QED) is 0.0159. The maximum atomic E-state index is 12.8. The van der Waals surface area contributed by atoms with E-state index in [4.69, 9.17) is 80.3 Å². The average Bonchev–Trinajstić information content (AvgIpc) is 0.758. The zero-order chi connectivity index (χ0) is 96.8. The highest BCUT2D eigenvalue weighted by atomic mass is 32.3. The summed E-state index contributed by atoms with van der Waals surface area (Å²) in [4.78, 5) is 96.9. The molecule has 764 valence electrons. The first-order valence-electron chi connectivity index (χ1n) is 43.2. The number of unbranched alkanes of at least 4 members (excludes halogenated alkanes) is 11. The van der Waals surface area contributed by atoms with Crippen LogP contribution in [-0.2, 0) is 172 Å². The summed E-state index contributed by atoms with van der Waals surface area (Å²) in [6.45, 7) is 6.56. The van der Waals surface area contributed by atoms with E-state index in [-0.39, 0.29) is 115 Å². The van der Waals surface area contributed by atoms with E-state index in [0.29, 0.717) is 131 Å². The summed E-state index contributed by atoms with van der Waals surface area (Å²) in [5.74, 6) is -7.73. The molecule has 4 fully saturated rings. The number of aldehydes is 1. The summed E-state index contributed by atoms with van der Waals surface area (Å²) in [5, 5.41) is 91.1. The molecule has 0 radical (unpaired) electrons. The van der Waals surface area contributed by atoms with Crippen LogP contribution in [0.25, 0.3) is 0 Å². The van der Waals surface area contributed by atoms with Crippen molar-refractivity contribution in [1.82, 2.24) is 26.6 Å². The summed E-state index contributed by atoms with van der Waals surface area (Å²) in [7, 11) is -22.1. The van der Waals surface area contributed by atoms with Gasteiger partial charge in [0.2, 0.25) is 29.5 Å². The second-order valence-corrected chi connectivity index (χ2v) is 34.8. The third kappa shape index (κ3) is 51.6. The molecule has 0 bridgehead atoms. The number of amides is 5. The molecule has 0 aromatic rings. The number of hydrogen-bond donors (Lipinski definition) is 16. The van der Waals surface area contributed by atoms with E-state index in [2.05, 4.69) is 43.3 Å². The van der Waals surface area contributed by atoms with E-state index < -0.39 is 189 Å². The summed E-state index contributed by atoms with van der Waals surface area (Å²) < 4.78 is 240. The molecule has 20 atom stereocenters. The van der Waals surface area contributed by atoms with Crippen molar-refractivity contribution in [3.63, 3.8) is 0 Å². The monoisotopic (exact) mass is 1980 g/mol. The molecule has 4 aliphatic rings. The first kappa shape index (κ1) is 118. The molecular weight excluding hydrogens is 1850 g/mol. The topological polar surface area (TPSA) is 740 Å². The van der Waals surface area contributed by atoms with E-state index in [0.717, 1.165) is 84.3 Å². The van der Waals surface area contributed by atoms with Crippen LogP contribution in [0.2, 0.25) is 0 Å². The van der Waals surface area contributed by atoms with E-state index in [9.17, 15) is 121 Å². The zero-order valence-corrected chi connectivity index (χ0v) is 76.5.